The molecule has 0 bridgehead atoms. The first-order chi connectivity index (χ1) is 6.86. The zero-order valence-electron chi connectivity index (χ0n) is 7.47. The van der Waals surface area contributed by atoms with Crippen molar-refractivity contribution in [3.8, 4) is 0 Å². The summed E-state index contributed by atoms with van der Waals surface area (Å²) in [6.07, 6.45) is 0. The van der Waals surface area contributed by atoms with Crippen LogP contribution in [0.1, 0.15) is 10.4 Å². The summed E-state index contributed by atoms with van der Waals surface area (Å²) in [5.74, 6) is 4.13. The molecule has 0 fully saturated rings. The molecule has 15 heavy (non-hydrogen) atoms. The number of nitrogens with one attached hydrogen (secondary N) is 1. The van der Waals surface area contributed by atoms with Gasteiger partial charge in [-0.25, -0.2) is 5.84 Å². The summed E-state index contributed by atoms with van der Waals surface area (Å²) in [6, 6.07) is 3.21. The van der Waals surface area contributed by atoms with Crippen molar-refractivity contribution in [2.24, 2.45) is 5.84 Å². The van der Waals surface area contributed by atoms with Crippen LogP contribution in [0, 0.1) is 0 Å². The molecule has 0 saturated carbocycles. The van der Waals surface area contributed by atoms with Crippen LogP contribution in [0.25, 0.3) is 0 Å². The van der Waals surface area contributed by atoms with Gasteiger partial charge in [0, 0.05) is 5.69 Å². The molecule has 6 N–H and O–H groups in total. The van der Waals surface area contributed by atoms with Gasteiger partial charge >= 0.3 is 0 Å². The largest absolute Gasteiger partial charge is 0.398 e. The van der Waals surface area contributed by atoms with E-state index < -0.39 is 20.9 Å². The minimum Gasteiger partial charge on any atom is -0.398 e. The number of benzene rings is 1. The third kappa shape index (κ3) is 2.43. The second-order valence-electron chi connectivity index (χ2n) is 2.70. The van der Waals surface area contributed by atoms with E-state index in [1.54, 1.807) is 5.43 Å². The predicted octanol–water partition coefficient (Wildman–Crippen LogP) is -0.881. The molecule has 0 radical (unpaired) electrons. The first-order valence-corrected chi connectivity index (χ1v) is 5.18. The van der Waals surface area contributed by atoms with Crippen LogP contribution in [-0.4, -0.2) is 18.9 Å². The normalized spacial score (nSPS) is 11.1. The Morgan fingerprint density at radius 2 is 2.00 bits per heavy atom. The fourth-order valence-electron chi connectivity index (χ4n) is 0.970. The Labute approximate surface area is 85.8 Å². The van der Waals surface area contributed by atoms with Crippen LogP contribution in [0.5, 0.6) is 0 Å². The number of carbonyl (C=O) groups excluding carboxylic acids is 1. The van der Waals surface area contributed by atoms with E-state index in [2.05, 4.69) is 0 Å². The Bertz CT molecular complexity index is 497. The fraction of sp³-hybridized carbons (Fsp3) is 0. The van der Waals surface area contributed by atoms with Gasteiger partial charge in [0.1, 0.15) is 0 Å². The van der Waals surface area contributed by atoms with E-state index in [9.17, 15) is 13.2 Å². The maximum absolute atomic E-state index is 11.1. The van der Waals surface area contributed by atoms with Gasteiger partial charge in [0.25, 0.3) is 16.0 Å². The molecule has 0 atom stereocenters. The number of carbonyl (C=O) groups is 1. The number of rotatable bonds is 2. The molecule has 0 aliphatic heterocycles. The van der Waals surface area contributed by atoms with Gasteiger partial charge in [0.05, 0.1) is 10.5 Å². The maximum Gasteiger partial charge on any atom is 0.294 e. The first kappa shape index (κ1) is 11.4. The van der Waals surface area contributed by atoms with Crippen molar-refractivity contribution < 1.29 is 17.8 Å². The number of amides is 1. The first-order valence-electron chi connectivity index (χ1n) is 3.74. The third-order valence-electron chi connectivity index (χ3n) is 1.70. The van der Waals surface area contributed by atoms with Crippen molar-refractivity contribution in [2.75, 3.05) is 5.73 Å². The van der Waals surface area contributed by atoms with Gasteiger partial charge in [-0.2, -0.15) is 8.42 Å². The molecule has 7 nitrogen and oxygen atoms in total. The molecule has 0 heterocycles. The van der Waals surface area contributed by atoms with E-state index in [4.69, 9.17) is 16.1 Å². The molecule has 8 heteroatoms. The fourth-order valence-corrected chi connectivity index (χ4v) is 1.48. The van der Waals surface area contributed by atoms with E-state index in [1.807, 2.05) is 0 Å². The van der Waals surface area contributed by atoms with Gasteiger partial charge in [-0.1, -0.05) is 0 Å². The van der Waals surface area contributed by atoms with Crippen LogP contribution in [0.3, 0.4) is 0 Å². The lowest BCUT2D eigenvalue weighted by Crippen LogP contribution is -2.30. The topological polar surface area (TPSA) is 136 Å². The van der Waals surface area contributed by atoms with E-state index in [1.165, 1.54) is 6.07 Å². The van der Waals surface area contributed by atoms with Crippen LogP contribution >= 0.6 is 0 Å². The number of anilines is 1. The van der Waals surface area contributed by atoms with Crippen molar-refractivity contribution in [3.05, 3.63) is 23.8 Å². The summed E-state index contributed by atoms with van der Waals surface area (Å²) < 4.78 is 30.2. The maximum atomic E-state index is 11.1. The van der Waals surface area contributed by atoms with Crippen LogP contribution in [-0.2, 0) is 10.1 Å². The summed E-state index contributed by atoms with van der Waals surface area (Å²) >= 11 is 0. The SMILES string of the molecule is NNC(=O)c1cc(S(=O)(=O)O)ccc1N. The zero-order valence-corrected chi connectivity index (χ0v) is 8.28. The van der Waals surface area contributed by atoms with Gasteiger partial charge in [0.2, 0.25) is 0 Å². The molecule has 1 aromatic rings. The molecule has 0 unspecified atom stereocenters. The molecular formula is C7H9N3O4S. The van der Waals surface area contributed by atoms with Crippen molar-refractivity contribution >= 4 is 21.7 Å². The molecule has 1 aromatic carbocycles. The van der Waals surface area contributed by atoms with Gasteiger partial charge in [-0.3, -0.25) is 14.8 Å². The van der Waals surface area contributed by atoms with Gasteiger partial charge in [-0.15, -0.1) is 0 Å². The number of nitrogens with two attached hydrogens (primary N) is 2. The average molecular weight is 231 g/mol. The molecule has 0 aromatic heterocycles. The molecule has 0 saturated heterocycles. The molecular weight excluding hydrogens is 222 g/mol. The van der Waals surface area contributed by atoms with E-state index in [0.29, 0.717) is 0 Å². The lowest BCUT2D eigenvalue weighted by Gasteiger charge is -2.05. The number of nitrogen functional groups attached to an aromatic ring is 2. The molecule has 82 valence electrons. The quantitative estimate of drug-likeness (QED) is 0.171. The Hall–Kier alpha value is -1.64. The summed E-state index contributed by atoms with van der Waals surface area (Å²) in [4.78, 5) is 10.7. The summed E-state index contributed by atoms with van der Waals surface area (Å²) in [6.45, 7) is 0. The number of hydrogen-bond donors (Lipinski definition) is 4. The molecule has 0 spiro atoms. The second kappa shape index (κ2) is 3.85. The highest BCUT2D eigenvalue weighted by Crippen LogP contribution is 2.17. The molecule has 1 amide bonds. The van der Waals surface area contributed by atoms with Crippen molar-refractivity contribution in [1.82, 2.24) is 5.43 Å². The Kier molecular flexibility index (Phi) is 2.93. The van der Waals surface area contributed by atoms with Gasteiger partial charge in [-0.05, 0) is 18.2 Å². The van der Waals surface area contributed by atoms with Gasteiger partial charge < -0.3 is 5.73 Å². The summed E-state index contributed by atoms with van der Waals surface area (Å²) in [7, 11) is -4.36. The minimum atomic E-state index is -4.36. The minimum absolute atomic E-state index is 0.0605. The molecule has 1 rings (SSSR count). The van der Waals surface area contributed by atoms with E-state index in [0.717, 1.165) is 12.1 Å². The van der Waals surface area contributed by atoms with E-state index >= 15 is 0 Å². The van der Waals surface area contributed by atoms with Crippen molar-refractivity contribution in [2.45, 2.75) is 4.90 Å². The Morgan fingerprint density at radius 1 is 1.40 bits per heavy atom. The van der Waals surface area contributed by atoms with E-state index in [-0.39, 0.29) is 11.3 Å². The van der Waals surface area contributed by atoms with Crippen LogP contribution in [0.4, 0.5) is 5.69 Å². The molecule has 0 aliphatic carbocycles. The van der Waals surface area contributed by atoms with Crippen molar-refractivity contribution in [3.63, 3.8) is 0 Å². The number of hydrogen-bond acceptors (Lipinski definition) is 5. The highest BCUT2D eigenvalue weighted by Gasteiger charge is 2.15. The molecule has 0 aliphatic rings. The smallest absolute Gasteiger partial charge is 0.294 e. The lowest BCUT2D eigenvalue weighted by molar-refractivity contribution is 0.0954. The van der Waals surface area contributed by atoms with Crippen LogP contribution in [0.15, 0.2) is 23.1 Å². The standard InChI is InChI=1S/C7H9N3O4S/c8-6-2-1-4(15(12,13)14)3-5(6)7(11)10-9/h1-3H,8-9H2,(H,10,11)(H,12,13,14). The average Bonchev–Trinajstić information content (AvgIpc) is 2.15. The highest BCUT2D eigenvalue weighted by atomic mass is 32.2. The Balaban J connectivity index is 3.36. The van der Waals surface area contributed by atoms with Gasteiger partial charge in [0.15, 0.2) is 0 Å². The summed E-state index contributed by atoms with van der Waals surface area (Å²) in [5.41, 5.74) is 7.16. The number of hydrazine groups is 1. The highest BCUT2D eigenvalue weighted by molar-refractivity contribution is 7.85. The van der Waals surface area contributed by atoms with Crippen LogP contribution < -0.4 is 17.0 Å². The zero-order chi connectivity index (χ0) is 11.6. The predicted molar refractivity (Wildman–Crippen MR) is 52.3 cm³/mol. The Morgan fingerprint density at radius 3 is 2.47 bits per heavy atom. The monoisotopic (exact) mass is 231 g/mol. The van der Waals surface area contributed by atoms with Crippen LogP contribution in [0.2, 0.25) is 0 Å². The summed E-state index contributed by atoms with van der Waals surface area (Å²) in [5, 5.41) is 0. The van der Waals surface area contributed by atoms with Crippen molar-refractivity contribution in [1.29, 1.82) is 0 Å². The lowest BCUT2D eigenvalue weighted by atomic mass is 10.2. The third-order valence-corrected chi connectivity index (χ3v) is 2.55. The second-order valence-corrected chi connectivity index (χ2v) is 4.12.